The zero-order chi connectivity index (χ0) is 40.9. The van der Waals surface area contributed by atoms with Crippen LogP contribution < -0.4 is 10.6 Å². The second-order valence-corrected chi connectivity index (χ2v) is 17.0. The van der Waals surface area contributed by atoms with Gasteiger partial charge in [-0.25, -0.2) is 19.6 Å². The lowest BCUT2D eigenvalue weighted by molar-refractivity contribution is -0.138. The first-order valence-corrected chi connectivity index (χ1v) is 20.7. The summed E-state index contributed by atoms with van der Waals surface area (Å²) in [5.74, 6) is 8.31. The van der Waals surface area contributed by atoms with Gasteiger partial charge < -0.3 is 44.6 Å². The van der Waals surface area contributed by atoms with E-state index in [-0.39, 0.29) is 47.8 Å². The summed E-state index contributed by atoms with van der Waals surface area (Å²) in [5, 5.41) is 7.62. The van der Waals surface area contributed by atoms with Gasteiger partial charge in [-0.3, -0.25) is 9.59 Å². The van der Waals surface area contributed by atoms with Crippen molar-refractivity contribution in [2.45, 2.75) is 88.6 Å². The number of ether oxygens (including phenoxy) is 3. The molecular weight excluding hydrogens is 753 g/mol. The van der Waals surface area contributed by atoms with Crippen molar-refractivity contribution >= 4 is 34.8 Å². The van der Waals surface area contributed by atoms with Crippen molar-refractivity contribution in [1.29, 1.82) is 0 Å². The minimum atomic E-state index is -0.724. The highest BCUT2D eigenvalue weighted by atomic mass is 16.5. The van der Waals surface area contributed by atoms with Crippen LogP contribution in [0.25, 0.3) is 22.0 Å². The third-order valence-electron chi connectivity index (χ3n) is 12.8. The van der Waals surface area contributed by atoms with Gasteiger partial charge in [-0.15, -0.1) is 0 Å². The van der Waals surface area contributed by atoms with E-state index in [1.165, 1.54) is 14.2 Å². The summed E-state index contributed by atoms with van der Waals surface area (Å²) in [4.78, 5) is 72.4. The number of hydrogen-bond donors (Lipinski definition) is 4. The number of alkyl carbamates (subject to hydrolysis) is 2. The smallest absolute Gasteiger partial charge is 0.407 e. The Labute approximate surface area is 342 Å². The molecule has 5 heterocycles. The molecule has 2 aromatic carbocycles. The number of H-pyrrole nitrogens is 2. The monoisotopic (exact) mass is 802 g/mol. The van der Waals surface area contributed by atoms with Gasteiger partial charge >= 0.3 is 12.2 Å². The van der Waals surface area contributed by atoms with Crippen molar-refractivity contribution in [2.75, 3.05) is 27.4 Å². The average molecular weight is 803 g/mol. The average Bonchev–Trinajstić information content (AvgIpc) is 3.85. The fourth-order valence-electron chi connectivity index (χ4n) is 9.50. The van der Waals surface area contributed by atoms with Gasteiger partial charge in [-0.2, -0.15) is 0 Å². The van der Waals surface area contributed by atoms with Gasteiger partial charge in [0.05, 0.1) is 51.0 Å². The summed E-state index contributed by atoms with van der Waals surface area (Å²) in [5.41, 5.74) is 3.34. The number of amides is 4. The van der Waals surface area contributed by atoms with Gasteiger partial charge in [-0.1, -0.05) is 38.0 Å². The molecule has 9 atom stereocenters. The topological polar surface area (TPSA) is 184 Å². The van der Waals surface area contributed by atoms with Crippen LogP contribution in [0.15, 0.2) is 48.8 Å². The third-order valence-corrected chi connectivity index (χ3v) is 12.8. The molecule has 2 aromatic heterocycles. The Morgan fingerprint density at radius 3 is 2.17 bits per heavy atom. The van der Waals surface area contributed by atoms with Crippen LogP contribution in [0.4, 0.5) is 9.59 Å². The Balaban J connectivity index is 0.881. The largest absolute Gasteiger partial charge is 0.453 e. The standard InChI is InChI=1S/C44H50N8O7/c1-23(2)37(49-43(55)57-3)41(53)51-33-16-29(33)18-35(51)39-45-20-31(47-39)12-8-24-7-9-26-15-27(11-10-25(26)14-24)32-21-46-40(48-32)36-19-30-17-34(30)52(36)42(54)38(50-44(56)58-4)28-6-5-13-59-22-28/h7,9-11,14-15,20-21,23,28-30,33-38H,5-6,13,16-19,22H2,1-4H3,(H,45,47)(H,46,48)(H,49,55)(H,50,56)/t28-,29-,30-,33-,34-,35+,36+,37+,38+/m1/s1. The number of benzene rings is 2. The zero-order valence-electron chi connectivity index (χ0n) is 33.7. The van der Waals surface area contributed by atoms with E-state index in [1.54, 1.807) is 6.20 Å². The zero-order valence-corrected chi connectivity index (χ0v) is 33.7. The molecule has 4 aromatic rings. The summed E-state index contributed by atoms with van der Waals surface area (Å²) < 4.78 is 15.4. The van der Waals surface area contributed by atoms with Gasteiger partial charge in [0.2, 0.25) is 11.8 Å². The molecule has 4 amide bonds. The predicted octanol–water partition coefficient (Wildman–Crippen LogP) is 5.21. The van der Waals surface area contributed by atoms with Gasteiger partial charge in [0.25, 0.3) is 0 Å². The van der Waals surface area contributed by atoms with E-state index >= 15 is 0 Å². The molecule has 2 aliphatic carbocycles. The van der Waals surface area contributed by atoms with Crippen LogP contribution in [0.3, 0.4) is 0 Å². The summed E-state index contributed by atoms with van der Waals surface area (Å²) in [7, 11) is 2.60. The molecule has 15 heteroatoms. The normalized spacial score (nSPS) is 26.3. The fourth-order valence-corrected chi connectivity index (χ4v) is 9.50. The summed E-state index contributed by atoms with van der Waals surface area (Å²) in [6, 6.07) is 10.8. The minimum Gasteiger partial charge on any atom is -0.453 e. The number of imidazole rings is 2. The molecule has 2 saturated carbocycles. The first-order valence-electron chi connectivity index (χ1n) is 20.7. The van der Waals surface area contributed by atoms with Crippen LogP contribution in [-0.2, 0) is 23.8 Å². The van der Waals surface area contributed by atoms with Crippen molar-refractivity contribution in [1.82, 2.24) is 40.4 Å². The molecule has 0 bridgehead atoms. The predicted molar refractivity (Wildman–Crippen MR) is 215 cm³/mol. The number of nitrogens with zero attached hydrogens (tertiary/aromatic N) is 4. The van der Waals surface area contributed by atoms with E-state index in [1.807, 2.05) is 35.9 Å². The number of carbonyl (C=O) groups is 4. The summed E-state index contributed by atoms with van der Waals surface area (Å²) >= 11 is 0. The number of piperidine rings is 2. The van der Waals surface area contributed by atoms with E-state index in [0.29, 0.717) is 36.6 Å². The minimum absolute atomic E-state index is 0.105. The Bertz CT molecular complexity index is 2340. The van der Waals surface area contributed by atoms with Gasteiger partial charge in [0.1, 0.15) is 29.4 Å². The van der Waals surface area contributed by atoms with Crippen molar-refractivity contribution in [2.24, 2.45) is 23.7 Å². The van der Waals surface area contributed by atoms with Crippen molar-refractivity contribution in [3.8, 4) is 23.1 Å². The number of aromatic nitrogens is 4. The number of likely N-dealkylation sites (tertiary alicyclic amines) is 2. The van der Waals surface area contributed by atoms with E-state index in [9.17, 15) is 19.2 Å². The molecule has 4 N–H and O–H groups in total. The highest BCUT2D eigenvalue weighted by Gasteiger charge is 2.57. The second-order valence-electron chi connectivity index (χ2n) is 17.0. The van der Waals surface area contributed by atoms with Crippen molar-refractivity contribution in [3.63, 3.8) is 0 Å². The molecule has 59 heavy (non-hydrogen) atoms. The van der Waals surface area contributed by atoms with Crippen LogP contribution in [0, 0.1) is 35.5 Å². The highest BCUT2D eigenvalue weighted by molar-refractivity contribution is 5.89. The Morgan fingerprint density at radius 1 is 0.814 bits per heavy atom. The molecule has 3 aliphatic heterocycles. The van der Waals surface area contributed by atoms with Crippen molar-refractivity contribution < 1.29 is 33.4 Å². The van der Waals surface area contributed by atoms with E-state index < -0.39 is 24.3 Å². The summed E-state index contributed by atoms with van der Waals surface area (Å²) in [6.07, 6.45) is 7.49. The van der Waals surface area contributed by atoms with Gasteiger partial charge in [0, 0.05) is 35.7 Å². The maximum absolute atomic E-state index is 14.2. The molecule has 0 spiro atoms. The first kappa shape index (κ1) is 38.6. The van der Waals surface area contributed by atoms with Crippen LogP contribution >= 0.6 is 0 Å². The lowest BCUT2D eigenvalue weighted by atomic mass is 9.92. The Kier molecular flexibility index (Phi) is 10.3. The Hall–Kier alpha value is -5.88. The van der Waals surface area contributed by atoms with Gasteiger partial charge in [-0.05, 0) is 91.2 Å². The summed E-state index contributed by atoms with van der Waals surface area (Å²) in [6.45, 7) is 4.90. The number of rotatable bonds is 9. The van der Waals surface area contributed by atoms with Crippen LogP contribution in [-0.4, -0.2) is 105 Å². The number of aromatic amines is 2. The SMILES string of the molecule is COC(=O)N[C@H](C(=O)N1[C@@H]2C[C@@H]2C[C@H]1c1ncc(C#Cc2ccc3cc(-c4cnc([C@@H]5C[C@H]6C[C@H]6N5C(=O)[C@@H](NC(=O)OC)[C@@H]5CCCOC5)[nH]4)ccc3c2)[nH]1)C(C)C. The first-order chi connectivity index (χ1) is 28.6. The molecule has 0 radical (unpaired) electrons. The Morgan fingerprint density at radius 2 is 1.47 bits per heavy atom. The lowest BCUT2D eigenvalue weighted by Gasteiger charge is -2.35. The number of carbonyl (C=O) groups excluding carboxylic acids is 4. The number of fused-ring (bicyclic) bond motifs is 3. The van der Waals surface area contributed by atoms with E-state index in [4.69, 9.17) is 19.2 Å². The van der Waals surface area contributed by atoms with Crippen LogP contribution in [0.1, 0.15) is 87.4 Å². The molecule has 5 fully saturated rings. The van der Waals surface area contributed by atoms with E-state index in [0.717, 1.165) is 71.9 Å². The van der Waals surface area contributed by atoms with Crippen LogP contribution in [0.2, 0.25) is 0 Å². The molecule has 5 aliphatic rings. The third kappa shape index (κ3) is 7.62. The quantitative estimate of drug-likeness (QED) is 0.165. The lowest BCUT2D eigenvalue weighted by Crippen LogP contribution is -2.54. The fraction of sp³-hybridized carbons (Fsp3) is 0.500. The maximum atomic E-state index is 14.2. The number of nitrogens with one attached hydrogen (secondary N) is 4. The number of hydrogen-bond acceptors (Lipinski definition) is 9. The van der Waals surface area contributed by atoms with Gasteiger partial charge in [0.15, 0.2) is 0 Å². The molecule has 3 saturated heterocycles. The molecule has 308 valence electrons. The highest BCUT2D eigenvalue weighted by Crippen LogP contribution is 2.54. The maximum Gasteiger partial charge on any atom is 0.407 e. The van der Waals surface area contributed by atoms with Crippen molar-refractivity contribution in [3.05, 3.63) is 71.7 Å². The molecule has 0 unspecified atom stereocenters. The molecular formula is C44H50N8O7. The molecule has 9 rings (SSSR count). The van der Waals surface area contributed by atoms with Crippen LogP contribution in [0.5, 0.6) is 0 Å². The number of methoxy groups -OCH3 is 2. The molecule has 15 nitrogen and oxygen atoms in total. The second kappa shape index (κ2) is 15.7. The van der Waals surface area contributed by atoms with E-state index in [2.05, 4.69) is 67.8 Å².